The molecule has 102 valence electrons. The molecule has 0 aromatic heterocycles. The Hall–Kier alpha value is -0.800. The number of benzene rings is 1. The van der Waals surface area contributed by atoms with E-state index in [-0.39, 0.29) is 5.75 Å². The van der Waals surface area contributed by atoms with E-state index in [0.717, 1.165) is 18.9 Å². The van der Waals surface area contributed by atoms with E-state index in [1.165, 1.54) is 12.5 Å². The molecule has 0 saturated heterocycles. The third-order valence-corrected chi connectivity index (χ3v) is 2.88. The summed E-state index contributed by atoms with van der Waals surface area (Å²) in [5.41, 5.74) is 0. The lowest BCUT2D eigenvalue weighted by atomic mass is 10.1. The van der Waals surface area contributed by atoms with Crippen LogP contribution in [0.5, 0.6) is 5.75 Å². The zero-order valence-corrected chi connectivity index (χ0v) is 11.8. The van der Waals surface area contributed by atoms with Crippen molar-refractivity contribution in [2.45, 2.75) is 26.7 Å². The molecule has 0 spiro atoms. The summed E-state index contributed by atoms with van der Waals surface area (Å²) in [7, 11) is 0. The van der Waals surface area contributed by atoms with Crippen LogP contribution in [0.25, 0.3) is 0 Å². The molecule has 1 aromatic rings. The maximum Gasteiger partial charge on any atom is 0.173 e. The summed E-state index contributed by atoms with van der Waals surface area (Å²) < 4.78 is 18.7. The standard InChI is InChI=1S/C14H21ClFNO/c1-11(2)5-4-8-17-9-10-18-14-12(15)6-3-7-13(14)16/h3,6-7,11,17H,4-5,8-10H2,1-2H3. The Labute approximate surface area is 113 Å². The number of rotatable bonds is 8. The number of halogens is 2. The SMILES string of the molecule is CC(C)CCCNCCOc1c(F)cccc1Cl. The van der Waals surface area contributed by atoms with Crippen molar-refractivity contribution in [3.05, 3.63) is 29.0 Å². The molecule has 0 saturated carbocycles. The average molecular weight is 274 g/mol. The van der Waals surface area contributed by atoms with Crippen molar-refractivity contribution < 1.29 is 9.13 Å². The van der Waals surface area contributed by atoms with Crippen molar-refractivity contribution in [2.24, 2.45) is 5.92 Å². The first-order chi connectivity index (χ1) is 8.61. The second-order valence-electron chi connectivity index (χ2n) is 4.69. The van der Waals surface area contributed by atoms with Crippen LogP contribution in [0.15, 0.2) is 18.2 Å². The minimum atomic E-state index is -0.415. The fourth-order valence-corrected chi connectivity index (χ4v) is 1.82. The number of hydrogen-bond acceptors (Lipinski definition) is 2. The van der Waals surface area contributed by atoms with Crippen LogP contribution in [0.4, 0.5) is 4.39 Å². The van der Waals surface area contributed by atoms with E-state index in [9.17, 15) is 4.39 Å². The van der Waals surface area contributed by atoms with Gasteiger partial charge in [-0.25, -0.2) is 4.39 Å². The second-order valence-corrected chi connectivity index (χ2v) is 5.09. The van der Waals surface area contributed by atoms with Gasteiger partial charge in [-0.3, -0.25) is 0 Å². The first-order valence-electron chi connectivity index (χ1n) is 6.38. The predicted octanol–water partition coefficient (Wildman–Crippen LogP) is 3.88. The van der Waals surface area contributed by atoms with Gasteiger partial charge in [0.05, 0.1) is 5.02 Å². The van der Waals surface area contributed by atoms with Crippen molar-refractivity contribution in [3.8, 4) is 5.75 Å². The van der Waals surface area contributed by atoms with E-state index in [1.54, 1.807) is 12.1 Å². The van der Waals surface area contributed by atoms with E-state index in [0.29, 0.717) is 18.2 Å². The van der Waals surface area contributed by atoms with E-state index < -0.39 is 5.82 Å². The molecular formula is C14H21ClFNO. The molecule has 1 N–H and O–H groups in total. The van der Waals surface area contributed by atoms with Gasteiger partial charge in [0.25, 0.3) is 0 Å². The van der Waals surface area contributed by atoms with Crippen LogP contribution in [-0.2, 0) is 0 Å². The number of nitrogens with one attached hydrogen (secondary N) is 1. The Morgan fingerprint density at radius 1 is 1.33 bits per heavy atom. The summed E-state index contributed by atoms with van der Waals surface area (Å²) in [4.78, 5) is 0. The molecule has 0 heterocycles. The zero-order chi connectivity index (χ0) is 13.4. The maximum absolute atomic E-state index is 13.3. The van der Waals surface area contributed by atoms with Gasteiger partial charge in [0.2, 0.25) is 0 Å². The Morgan fingerprint density at radius 2 is 2.11 bits per heavy atom. The Bertz CT molecular complexity index is 337. The van der Waals surface area contributed by atoms with Crippen LogP contribution < -0.4 is 10.1 Å². The molecule has 4 heteroatoms. The lowest BCUT2D eigenvalue weighted by Crippen LogP contribution is -2.22. The molecule has 0 aliphatic carbocycles. The minimum Gasteiger partial charge on any atom is -0.488 e. The molecule has 0 amide bonds. The number of para-hydroxylation sites is 1. The molecule has 2 nitrogen and oxygen atoms in total. The Balaban J connectivity index is 2.14. The van der Waals surface area contributed by atoms with Gasteiger partial charge < -0.3 is 10.1 Å². The molecule has 0 unspecified atom stereocenters. The monoisotopic (exact) mass is 273 g/mol. The summed E-state index contributed by atoms with van der Waals surface area (Å²) in [6.45, 7) is 6.50. The van der Waals surface area contributed by atoms with Gasteiger partial charge in [-0.15, -0.1) is 0 Å². The van der Waals surface area contributed by atoms with Crippen LogP contribution in [0, 0.1) is 11.7 Å². The predicted molar refractivity (Wildman–Crippen MR) is 73.8 cm³/mol. The molecule has 0 radical (unpaired) electrons. The highest BCUT2D eigenvalue weighted by atomic mass is 35.5. The fraction of sp³-hybridized carbons (Fsp3) is 0.571. The Kier molecular flexibility index (Phi) is 7.06. The van der Waals surface area contributed by atoms with E-state index in [4.69, 9.17) is 16.3 Å². The summed E-state index contributed by atoms with van der Waals surface area (Å²) in [5, 5.41) is 3.57. The Morgan fingerprint density at radius 3 is 2.78 bits per heavy atom. The van der Waals surface area contributed by atoms with Gasteiger partial charge in [0, 0.05) is 6.54 Å². The molecule has 0 atom stereocenters. The van der Waals surface area contributed by atoms with E-state index in [1.807, 2.05) is 0 Å². The minimum absolute atomic E-state index is 0.142. The van der Waals surface area contributed by atoms with Gasteiger partial charge in [0.1, 0.15) is 6.61 Å². The zero-order valence-electron chi connectivity index (χ0n) is 11.0. The largest absolute Gasteiger partial charge is 0.488 e. The van der Waals surface area contributed by atoms with Gasteiger partial charge in [-0.1, -0.05) is 31.5 Å². The highest BCUT2D eigenvalue weighted by Gasteiger charge is 2.07. The van der Waals surface area contributed by atoms with Crippen LogP contribution in [0.1, 0.15) is 26.7 Å². The maximum atomic E-state index is 13.3. The first-order valence-corrected chi connectivity index (χ1v) is 6.76. The fourth-order valence-electron chi connectivity index (χ4n) is 1.61. The number of ether oxygens (including phenoxy) is 1. The third-order valence-electron chi connectivity index (χ3n) is 2.58. The molecule has 0 aliphatic heterocycles. The normalized spacial score (nSPS) is 10.9. The summed E-state index contributed by atoms with van der Waals surface area (Å²) in [5.74, 6) is 0.464. The summed E-state index contributed by atoms with van der Waals surface area (Å²) in [6, 6.07) is 4.53. The molecule has 18 heavy (non-hydrogen) atoms. The molecule has 0 aliphatic rings. The molecular weight excluding hydrogens is 253 g/mol. The average Bonchev–Trinajstić information content (AvgIpc) is 2.30. The van der Waals surface area contributed by atoms with Crippen LogP contribution >= 0.6 is 11.6 Å². The summed E-state index contributed by atoms with van der Waals surface area (Å²) in [6.07, 6.45) is 2.37. The molecule has 0 bridgehead atoms. The molecule has 0 fully saturated rings. The topological polar surface area (TPSA) is 21.3 Å². The van der Waals surface area contributed by atoms with Crippen molar-refractivity contribution in [3.63, 3.8) is 0 Å². The molecule has 1 aromatic carbocycles. The smallest absolute Gasteiger partial charge is 0.173 e. The van der Waals surface area contributed by atoms with Crippen LogP contribution in [0.2, 0.25) is 5.02 Å². The van der Waals surface area contributed by atoms with E-state index in [2.05, 4.69) is 19.2 Å². The third kappa shape index (κ3) is 5.69. The van der Waals surface area contributed by atoms with Gasteiger partial charge in [-0.2, -0.15) is 0 Å². The van der Waals surface area contributed by atoms with Crippen LogP contribution in [-0.4, -0.2) is 19.7 Å². The highest BCUT2D eigenvalue weighted by molar-refractivity contribution is 6.32. The lowest BCUT2D eigenvalue weighted by molar-refractivity contribution is 0.298. The lowest BCUT2D eigenvalue weighted by Gasteiger charge is -2.10. The van der Waals surface area contributed by atoms with Gasteiger partial charge in [0.15, 0.2) is 11.6 Å². The number of hydrogen-bond donors (Lipinski definition) is 1. The van der Waals surface area contributed by atoms with Gasteiger partial charge in [-0.05, 0) is 37.4 Å². The quantitative estimate of drug-likeness (QED) is 0.726. The van der Waals surface area contributed by atoms with Crippen molar-refractivity contribution >= 4 is 11.6 Å². The van der Waals surface area contributed by atoms with Crippen molar-refractivity contribution in [1.29, 1.82) is 0 Å². The first kappa shape index (κ1) is 15.3. The van der Waals surface area contributed by atoms with Crippen LogP contribution in [0.3, 0.4) is 0 Å². The molecule has 1 rings (SSSR count). The van der Waals surface area contributed by atoms with E-state index >= 15 is 0 Å². The highest BCUT2D eigenvalue weighted by Crippen LogP contribution is 2.26. The summed E-state index contributed by atoms with van der Waals surface area (Å²) >= 11 is 5.84. The van der Waals surface area contributed by atoms with Crippen molar-refractivity contribution in [2.75, 3.05) is 19.7 Å². The second kappa shape index (κ2) is 8.33. The van der Waals surface area contributed by atoms with Gasteiger partial charge >= 0.3 is 0 Å². The van der Waals surface area contributed by atoms with Crippen molar-refractivity contribution in [1.82, 2.24) is 5.32 Å².